The van der Waals surface area contributed by atoms with Gasteiger partial charge in [0.05, 0.1) is 0 Å². The number of hydrogen-bond acceptors (Lipinski definition) is 0. The van der Waals surface area contributed by atoms with E-state index in [-0.39, 0.29) is 0 Å². The summed E-state index contributed by atoms with van der Waals surface area (Å²) < 4.78 is 0. The Morgan fingerprint density at radius 2 is 0.909 bits per heavy atom. The minimum absolute atomic E-state index is 0.475. The zero-order valence-electron chi connectivity index (χ0n) is 14.1. The summed E-state index contributed by atoms with van der Waals surface area (Å²) in [7, 11) is 0. The van der Waals surface area contributed by atoms with Gasteiger partial charge in [-0.15, -0.1) is 0 Å². The second-order valence-corrected chi connectivity index (χ2v) is 5.87. The fraction of sp³-hybridized carbons (Fsp3) is 0.273. The number of allylic oxidation sites excluding steroid dienone is 4. The maximum atomic E-state index is 2.23. The highest BCUT2D eigenvalue weighted by molar-refractivity contribution is 5.64. The summed E-state index contributed by atoms with van der Waals surface area (Å²) in [4.78, 5) is 0. The second-order valence-electron chi connectivity index (χ2n) is 5.87. The fourth-order valence-electron chi connectivity index (χ4n) is 2.76. The zero-order chi connectivity index (χ0) is 15.9. The van der Waals surface area contributed by atoms with E-state index in [9.17, 15) is 0 Å². The largest absolute Gasteiger partial charge is 0.0911 e. The molecular weight excluding hydrogens is 264 g/mol. The first-order valence-corrected chi connectivity index (χ1v) is 8.11. The zero-order valence-corrected chi connectivity index (χ0v) is 14.1. The summed E-state index contributed by atoms with van der Waals surface area (Å²) in [6.45, 7) is 8.60. The number of benzene rings is 2. The molecule has 0 amide bonds. The van der Waals surface area contributed by atoms with Crippen molar-refractivity contribution < 1.29 is 0 Å². The molecule has 0 N–H and O–H groups in total. The van der Waals surface area contributed by atoms with Crippen LogP contribution in [-0.2, 0) is 0 Å². The molecule has 2 rings (SSSR count). The van der Waals surface area contributed by atoms with Crippen LogP contribution >= 0.6 is 0 Å². The van der Waals surface area contributed by atoms with Crippen molar-refractivity contribution in [3.63, 3.8) is 0 Å². The summed E-state index contributed by atoms with van der Waals surface area (Å²) in [5, 5.41) is 0. The molecule has 114 valence electrons. The highest BCUT2D eigenvalue weighted by Crippen LogP contribution is 2.25. The molecule has 0 saturated heterocycles. The third-order valence-electron chi connectivity index (χ3n) is 4.17. The maximum absolute atomic E-state index is 2.23. The molecule has 2 aromatic rings. The minimum atomic E-state index is 0.475. The molecule has 0 radical (unpaired) electrons. The number of hydrogen-bond donors (Lipinski definition) is 0. The van der Waals surface area contributed by atoms with Crippen molar-refractivity contribution in [1.29, 1.82) is 0 Å². The summed E-state index contributed by atoms with van der Waals surface area (Å²) >= 11 is 0. The molecule has 0 aliphatic heterocycles. The lowest BCUT2D eigenvalue weighted by molar-refractivity contribution is 0.964. The molecule has 0 fully saturated rings. The van der Waals surface area contributed by atoms with Crippen molar-refractivity contribution in [3.8, 4) is 11.1 Å². The average Bonchev–Trinajstić information content (AvgIpc) is 2.55. The smallest absolute Gasteiger partial charge is 0.00105 e. The summed E-state index contributed by atoms with van der Waals surface area (Å²) in [5.74, 6) is 0.950. The molecule has 0 aromatic heterocycles. The van der Waals surface area contributed by atoms with E-state index in [0.717, 1.165) is 0 Å². The maximum Gasteiger partial charge on any atom is -0.00105 e. The molecule has 22 heavy (non-hydrogen) atoms. The Morgan fingerprint density at radius 1 is 0.591 bits per heavy atom. The van der Waals surface area contributed by atoms with Crippen molar-refractivity contribution in [1.82, 2.24) is 0 Å². The van der Waals surface area contributed by atoms with Crippen LogP contribution in [0.2, 0.25) is 0 Å². The Morgan fingerprint density at radius 3 is 1.18 bits per heavy atom. The lowest BCUT2D eigenvalue weighted by atomic mass is 9.95. The van der Waals surface area contributed by atoms with E-state index in [1.54, 1.807) is 0 Å². The Balaban J connectivity index is 2.18. The van der Waals surface area contributed by atoms with Crippen molar-refractivity contribution in [3.05, 3.63) is 84.0 Å². The molecule has 2 unspecified atom stereocenters. The summed E-state index contributed by atoms with van der Waals surface area (Å²) in [5.41, 5.74) is 5.28. The van der Waals surface area contributed by atoms with E-state index in [1.165, 1.54) is 22.3 Å². The predicted molar refractivity (Wildman–Crippen MR) is 98.3 cm³/mol. The lowest BCUT2D eigenvalue weighted by Crippen LogP contribution is -1.90. The molecular formula is C22H26. The van der Waals surface area contributed by atoms with Crippen LogP contribution < -0.4 is 0 Å². The molecule has 0 saturated carbocycles. The first-order valence-electron chi connectivity index (χ1n) is 8.11. The second kappa shape index (κ2) is 7.79. The third kappa shape index (κ3) is 3.98. The van der Waals surface area contributed by atoms with Crippen LogP contribution in [-0.4, -0.2) is 0 Å². The van der Waals surface area contributed by atoms with Crippen LogP contribution in [0.1, 0.15) is 50.7 Å². The molecule has 0 spiro atoms. The van der Waals surface area contributed by atoms with Crippen LogP contribution in [0.3, 0.4) is 0 Å². The normalized spacial score (nSPS) is 14.5. The van der Waals surface area contributed by atoms with Crippen molar-refractivity contribution in [2.45, 2.75) is 39.5 Å². The van der Waals surface area contributed by atoms with Gasteiger partial charge in [-0.05, 0) is 47.9 Å². The van der Waals surface area contributed by atoms with Gasteiger partial charge >= 0.3 is 0 Å². The Hall–Kier alpha value is -2.08. The van der Waals surface area contributed by atoms with Gasteiger partial charge in [0.15, 0.2) is 0 Å². The Labute approximate surface area is 135 Å². The average molecular weight is 290 g/mol. The molecule has 0 aliphatic carbocycles. The van der Waals surface area contributed by atoms with Gasteiger partial charge < -0.3 is 0 Å². The van der Waals surface area contributed by atoms with Gasteiger partial charge in [0, 0.05) is 0 Å². The molecule has 0 bridgehead atoms. The van der Waals surface area contributed by atoms with Gasteiger partial charge in [0.2, 0.25) is 0 Å². The fourth-order valence-corrected chi connectivity index (χ4v) is 2.76. The SMILES string of the molecule is CC=CC(C)c1ccc(-c2ccc(C(C)C=CC)cc2)cc1. The third-order valence-corrected chi connectivity index (χ3v) is 4.17. The Kier molecular flexibility index (Phi) is 5.77. The van der Waals surface area contributed by atoms with E-state index >= 15 is 0 Å². The first-order chi connectivity index (χ1) is 10.7. The summed E-state index contributed by atoms with van der Waals surface area (Å²) in [6.07, 6.45) is 8.69. The van der Waals surface area contributed by atoms with Gasteiger partial charge in [-0.2, -0.15) is 0 Å². The van der Waals surface area contributed by atoms with Gasteiger partial charge in [0.25, 0.3) is 0 Å². The van der Waals surface area contributed by atoms with Crippen LogP contribution in [0.15, 0.2) is 72.8 Å². The van der Waals surface area contributed by atoms with Crippen LogP contribution in [0.5, 0.6) is 0 Å². The predicted octanol–water partition coefficient (Wildman–Crippen LogP) is 6.71. The molecule has 0 aliphatic rings. The standard InChI is InChI=1S/C22H26/c1-5-7-17(3)19-9-13-21(14-10-19)22-15-11-20(12-16-22)18(4)8-6-2/h5-18H,1-4H3. The molecule has 2 atom stereocenters. The van der Waals surface area contributed by atoms with Gasteiger partial charge in [-0.25, -0.2) is 0 Å². The monoisotopic (exact) mass is 290 g/mol. The van der Waals surface area contributed by atoms with Crippen LogP contribution in [0, 0.1) is 0 Å². The van der Waals surface area contributed by atoms with E-state index in [4.69, 9.17) is 0 Å². The summed E-state index contributed by atoms with van der Waals surface area (Å²) in [6, 6.07) is 17.8. The molecule has 2 aromatic carbocycles. The van der Waals surface area contributed by atoms with Crippen molar-refractivity contribution >= 4 is 0 Å². The van der Waals surface area contributed by atoms with Gasteiger partial charge in [-0.1, -0.05) is 86.7 Å². The number of rotatable bonds is 5. The van der Waals surface area contributed by atoms with E-state index in [1.807, 2.05) is 0 Å². The van der Waals surface area contributed by atoms with Gasteiger partial charge in [-0.3, -0.25) is 0 Å². The van der Waals surface area contributed by atoms with Crippen molar-refractivity contribution in [2.75, 3.05) is 0 Å². The molecule has 0 nitrogen and oxygen atoms in total. The first kappa shape index (κ1) is 16.3. The topological polar surface area (TPSA) is 0 Å². The van der Waals surface area contributed by atoms with E-state index in [0.29, 0.717) is 11.8 Å². The van der Waals surface area contributed by atoms with E-state index in [2.05, 4.69) is 101 Å². The molecule has 0 heterocycles. The highest BCUT2D eigenvalue weighted by Gasteiger charge is 2.04. The van der Waals surface area contributed by atoms with E-state index < -0.39 is 0 Å². The Bertz CT molecular complexity index is 567. The van der Waals surface area contributed by atoms with Crippen LogP contribution in [0.25, 0.3) is 11.1 Å². The quantitative estimate of drug-likeness (QED) is 0.537. The highest BCUT2D eigenvalue weighted by atomic mass is 14.1. The lowest BCUT2D eigenvalue weighted by Gasteiger charge is -2.10. The minimum Gasteiger partial charge on any atom is -0.0911 e. The van der Waals surface area contributed by atoms with Crippen LogP contribution in [0.4, 0.5) is 0 Å². The van der Waals surface area contributed by atoms with Crippen molar-refractivity contribution in [2.24, 2.45) is 0 Å². The van der Waals surface area contributed by atoms with Gasteiger partial charge in [0.1, 0.15) is 0 Å². The molecule has 0 heteroatoms.